The van der Waals surface area contributed by atoms with Crippen molar-refractivity contribution in [1.82, 2.24) is 4.98 Å². The second-order valence-corrected chi connectivity index (χ2v) is 5.16. The van der Waals surface area contributed by atoms with Crippen LogP contribution >= 0.6 is 0 Å². The molecule has 5 nitrogen and oxygen atoms in total. The number of hydrogen-bond acceptors (Lipinski definition) is 3. The standard InChI is InChI=1S/C16H20N4O/c1-10-8-11(2)18-15(9-10)20-16(21)19-14-6-4-13(5-7-14)12(3)17/h4-9,12H,17H2,1-3H3,(H2,18,19,20,21). The minimum Gasteiger partial charge on any atom is -0.324 e. The van der Waals surface area contributed by atoms with Gasteiger partial charge in [0.1, 0.15) is 5.82 Å². The molecule has 2 aromatic rings. The van der Waals surface area contributed by atoms with Gasteiger partial charge in [-0.1, -0.05) is 12.1 Å². The molecule has 0 saturated heterocycles. The van der Waals surface area contributed by atoms with E-state index in [4.69, 9.17) is 5.73 Å². The summed E-state index contributed by atoms with van der Waals surface area (Å²) in [6, 6.07) is 10.9. The highest BCUT2D eigenvalue weighted by Crippen LogP contribution is 2.15. The van der Waals surface area contributed by atoms with Crippen molar-refractivity contribution in [3.63, 3.8) is 0 Å². The molecule has 0 saturated carbocycles. The summed E-state index contributed by atoms with van der Waals surface area (Å²) in [4.78, 5) is 16.2. The zero-order valence-corrected chi connectivity index (χ0v) is 12.5. The fourth-order valence-corrected chi connectivity index (χ4v) is 2.05. The first-order valence-electron chi connectivity index (χ1n) is 6.83. The number of carbonyl (C=O) groups excluding carboxylic acids is 1. The fourth-order valence-electron chi connectivity index (χ4n) is 2.05. The zero-order valence-electron chi connectivity index (χ0n) is 12.5. The van der Waals surface area contributed by atoms with E-state index in [-0.39, 0.29) is 12.1 Å². The van der Waals surface area contributed by atoms with Gasteiger partial charge in [-0.3, -0.25) is 5.32 Å². The second kappa shape index (κ2) is 6.37. The third-order valence-corrected chi connectivity index (χ3v) is 3.03. The summed E-state index contributed by atoms with van der Waals surface area (Å²) in [6.45, 7) is 5.77. The van der Waals surface area contributed by atoms with Gasteiger partial charge in [0.25, 0.3) is 0 Å². The molecule has 5 heteroatoms. The molecule has 1 atom stereocenters. The Hall–Kier alpha value is -2.40. The third kappa shape index (κ3) is 4.29. The van der Waals surface area contributed by atoms with Gasteiger partial charge in [0.05, 0.1) is 0 Å². The number of carbonyl (C=O) groups is 1. The molecule has 1 unspecified atom stereocenters. The van der Waals surface area contributed by atoms with E-state index in [0.29, 0.717) is 11.5 Å². The molecule has 0 radical (unpaired) electrons. The number of rotatable bonds is 3. The van der Waals surface area contributed by atoms with Crippen LogP contribution in [-0.4, -0.2) is 11.0 Å². The molecular formula is C16H20N4O. The summed E-state index contributed by atoms with van der Waals surface area (Å²) in [5.41, 5.74) is 9.44. The summed E-state index contributed by atoms with van der Waals surface area (Å²) in [6.07, 6.45) is 0. The normalized spacial score (nSPS) is 11.8. The molecule has 0 fully saturated rings. The summed E-state index contributed by atoms with van der Waals surface area (Å²) < 4.78 is 0. The van der Waals surface area contributed by atoms with Gasteiger partial charge in [-0.05, 0) is 56.2 Å². The van der Waals surface area contributed by atoms with Crippen LogP contribution in [0, 0.1) is 13.8 Å². The minimum absolute atomic E-state index is 0.0210. The van der Waals surface area contributed by atoms with Crippen LogP contribution < -0.4 is 16.4 Å². The highest BCUT2D eigenvalue weighted by Gasteiger charge is 2.05. The van der Waals surface area contributed by atoms with Crippen LogP contribution in [-0.2, 0) is 0 Å². The number of amides is 2. The van der Waals surface area contributed by atoms with Crippen LogP contribution in [0.15, 0.2) is 36.4 Å². The SMILES string of the molecule is Cc1cc(C)nc(NC(=O)Nc2ccc(C(C)N)cc2)c1. The molecule has 110 valence electrons. The number of pyridine rings is 1. The summed E-state index contributed by atoms with van der Waals surface area (Å²) in [5.74, 6) is 0.539. The first-order chi connectivity index (χ1) is 9.94. The number of nitrogens with one attached hydrogen (secondary N) is 2. The maximum absolute atomic E-state index is 11.9. The Morgan fingerprint density at radius 1 is 1.14 bits per heavy atom. The Morgan fingerprint density at radius 3 is 2.38 bits per heavy atom. The lowest BCUT2D eigenvalue weighted by atomic mass is 10.1. The monoisotopic (exact) mass is 284 g/mol. The Morgan fingerprint density at radius 2 is 1.81 bits per heavy atom. The van der Waals surface area contributed by atoms with Gasteiger partial charge in [-0.25, -0.2) is 9.78 Å². The van der Waals surface area contributed by atoms with Crippen LogP contribution in [0.4, 0.5) is 16.3 Å². The number of benzene rings is 1. The van der Waals surface area contributed by atoms with Gasteiger partial charge < -0.3 is 11.1 Å². The molecule has 21 heavy (non-hydrogen) atoms. The predicted octanol–water partition coefficient (Wildman–Crippen LogP) is 3.36. The van der Waals surface area contributed by atoms with Crippen molar-refractivity contribution in [1.29, 1.82) is 0 Å². The fraction of sp³-hybridized carbons (Fsp3) is 0.250. The summed E-state index contributed by atoms with van der Waals surface area (Å²) >= 11 is 0. The van der Waals surface area contributed by atoms with Gasteiger partial charge >= 0.3 is 6.03 Å². The van der Waals surface area contributed by atoms with Crippen LogP contribution in [0.25, 0.3) is 0 Å². The third-order valence-electron chi connectivity index (χ3n) is 3.03. The molecule has 0 aliphatic carbocycles. The lowest BCUT2D eigenvalue weighted by molar-refractivity contribution is 0.262. The molecule has 2 rings (SSSR count). The molecular weight excluding hydrogens is 264 g/mol. The molecule has 2 amide bonds. The van der Waals surface area contributed by atoms with E-state index in [9.17, 15) is 4.79 Å². The molecule has 0 spiro atoms. The largest absolute Gasteiger partial charge is 0.324 e. The molecule has 4 N–H and O–H groups in total. The number of hydrogen-bond donors (Lipinski definition) is 3. The van der Waals surface area contributed by atoms with Crippen molar-refractivity contribution in [2.75, 3.05) is 10.6 Å². The summed E-state index contributed by atoms with van der Waals surface area (Å²) in [5, 5.41) is 5.49. The highest BCUT2D eigenvalue weighted by molar-refractivity contribution is 5.99. The Balaban J connectivity index is 2.01. The lowest BCUT2D eigenvalue weighted by Crippen LogP contribution is -2.20. The predicted molar refractivity (Wildman–Crippen MR) is 85.4 cm³/mol. The van der Waals surface area contributed by atoms with Crippen molar-refractivity contribution in [2.24, 2.45) is 5.73 Å². The van der Waals surface area contributed by atoms with E-state index in [1.54, 1.807) is 0 Å². The summed E-state index contributed by atoms with van der Waals surface area (Å²) in [7, 11) is 0. The van der Waals surface area contributed by atoms with E-state index in [2.05, 4.69) is 15.6 Å². The van der Waals surface area contributed by atoms with E-state index in [0.717, 1.165) is 16.8 Å². The molecule has 0 aliphatic rings. The average molecular weight is 284 g/mol. The smallest absolute Gasteiger partial charge is 0.324 e. The van der Waals surface area contributed by atoms with Crippen molar-refractivity contribution < 1.29 is 4.79 Å². The van der Waals surface area contributed by atoms with Crippen LogP contribution in [0.1, 0.15) is 29.8 Å². The molecule has 1 heterocycles. The Bertz CT molecular complexity index is 615. The Kier molecular flexibility index (Phi) is 4.55. The molecule has 1 aromatic heterocycles. The Labute approximate surface area is 124 Å². The van der Waals surface area contributed by atoms with Gasteiger partial charge in [-0.15, -0.1) is 0 Å². The molecule has 0 aliphatic heterocycles. The van der Waals surface area contributed by atoms with E-state index in [1.807, 2.05) is 57.2 Å². The van der Waals surface area contributed by atoms with E-state index in [1.165, 1.54) is 0 Å². The van der Waals surface area contributed by atoms with Crippen molar-refractivity contribution in [3.8, 4) is 0 Å². The van der Waals surface area contributed by atoms with E-state index >= 15 is 0 Å². The number of nitrogens with zero attached hydrogens (tertiary/aromatic N) is 1. The number of urea groups is 1. The number of nitrogens with two attached hydrogens (primary N) is 1. The van der Waals surface area contributed by atoms with Gasteiger partial charge in [0, 0.05) is 17.4 Å². The average Bonchev–Trinajstić information content (AvgIpc) is 2.37. The maximum atomic E-state index is 11.9. The van der Waals surface area contributed by atoms with Crippen LogP contribution in [0.3, 0.4) is 0 Å². The number of aromatic nitrogens is 1. The first-order valence-corrected chi connectivity index (χ1v) is 6.83. The number of anilines is 2. The maximum Gasteiger partial charge on any atom is 0.324 e. The van der Waals surface area contributed by atoms with Gasteiger partial charge in [0.15, 0.2) is 0 Å². The van der Waals surface area contributed by atoms with Gasteiger partial charge in [-0.2, -0.15) is 0 Å². The molecule has 0 bridgehead atoms. The quantitative estimate of drug-likeness (QED) is 0.808. The minimum atomic E-state index is -0.318. The zero-order chi connectivity index (χ0) is 15.4. The van der Waals surface area contributed by atoms with Crippen molar-refractivity contribution in [3.05, 3.63) is 53.2 Å². The van der Waals surface area contributed by atoms with Crippen LogP contribution in [0.5, 0.6) is 0 Å². The second-order valence-electron chi connectivity index (χ2n) is 5.16. The highest BCUT2D eigenvalue weighted by atomic mass is 16.2. The first kappa shape index (κ1) is 15.0. The van der Waals surface area contributed by atoms with Crippen molar-refractivity contribution in [2.45, 2.75) is 26.8 Å². The topological polar surface area (TPSA) is 80.0 Å². The van der Waals surface area contributed by atoms with Crippen molar-refractivity contribution >= 4 is 17.5 Å². The number of aryl methyl sites for hydroxylation is 2. The van der Waals surface area contributed by atoms with Crippen LogP contribution in [0.2, 0.25) is 0 Å². The molecule has 1 aromatic carbocycles. The lowest BCUT2D eigenvalue weighted by Gasteiger charge is -2.10. The van der Waals surface area contributed by atoms with E-state index < -0.39 is 0 Å². The van der Waals surface area contributed by atoms with Gasteiger partial charge in [0.2, 0.25) is 0 Å².